The number of hydrogen-bond acceptors (Lipinski definition) is 5. The summed E-state index contributed by atoms with van der Waals surface area (Å²) in [4.78, 5) is 11.1. The maximum Gasteiger partial charge on any atom is 0.510 e. The fourth-order valence-corrected chi connectivity index (χ4v) is 2.68. The first kappa shape index (κ1) is 21.3. The quantitative estimate of drug-likeness (QED) is 0.291. The smallest absolute Gasteiger partial charge is 0.494 e. The van der Waals surface area contributed by atoms with E-state index in [0.29, 0.717) is 19.6 Å². The third kappa shape index (κ3) is 7.66. The van der Waals surface area contributed by atoms with Crippen LogP contribution in [0.1, 0.15) is 50.5 Å². The van der Waals surface area contributed by atoms with Crippen LogP contribution in [0.4, 0.5) is 18.0 Å². The minimum atomic E-state index is -4.36. The Morgan fingerprint density at radius 1 is 1.15 bits per heavy atom. The lowest BCUT2D eigenvalue weighted by atomic mass is 10.1. The summed E-state index contributed by atoms with van der Waals surface area (Å²) >= 11 is 0. The Balaban J connectivity index is 1.49. The molecule has 1 aromatic rings. The van der Waals surface area contributed by atoms with E-state index in [0.717, 1.165) is 50.7 Å². The van der Waals surface area contributed by atoms with Crippen molar-refractivity contribution in [3.8, 4) is 5.75 Å². The summed E-state index contributed by atoms with van der Waals surface area (Å²) in [6.07, 6.45) is 1.21. The van der Waals surface area contributed by atoms with Crippen molar-refractivity contribution in [1.82, 2.24) is 0 Å². The van der Waals surface area contributed by atoms with Crippen LogP contribution in [0, 0.1) is 0 Å². The first-order valence-corrected chi connectivity index (χ1v) is 9.06. The molecule has 0 bridgehead atoms. The fraction of sp³-hybridized carbons (Fsp3) is 0.632. The van der Waals surface area contributed by atoms with Crippen molar-refractivity contribution in [1.29, 1.82) is 0 Å². The number of alkyl halides is 3. The Labute approximate surface area is 156 Å². The number of hydrogen-bond donors (Lipinski definition) is 0. The van der Waals surface area contributed by atoms with Gasteiger partial charge in [0.05, 0.1) is 19.3 Å². The number of carbonyl (C=O) groups is 1. The van der Waals surface area contributed by atoms with Crippen LogP contribution < -0.4 is 4.74 Å². The third-order valence-corrected chi connectivity index (χ3v) is 4.28. The number of methoxy groups -OCH3 is 1. The molecule has 1 aliphatic rings. The maximum absolute atomic E-state index is 12.6. The number of ether oxygens (including phenoxy) is 4. The van der Waals surface area contributed by atoms with Gasteiger partial charge in [-0.2, -0.15) is 13.2 Å². The highest BCUT2D eigenvalue weighted by Gasteiger charge is 2.49. The first-order valence-electron chi connectivity index (χ1n) is 9.06. The van der Waals surface area contributed by atoms with Gasteiger partial charge in [0.1, 0.15) is 12.4 Å². The van der Waals surface area contributed by atoms with E-state index in [-0.39, 0.29) is 5.75 Å². The van der Waals surface area contributed by atoms with Crippen molar-refractivity contribution in [2.45, 2.75) is 56.9 Å². The first-order chi connectivity index (χ1) is 12.8. The van der Waals surface area contributed by atoms with Crippen LogP contribution in [-0.2, 0) is 20.4 Å². The van der Waals surface area contributed by atoms with Gasteiger partial charge in [-0.05, 0) is 31.0 Å². The normalized spacial score (nSPS) is 18.8. The van der Waals surface area contributed by atoms with Gasteiger partial charge in [-0.15, -0.1) is 0 Å². The van der Waals surface area contributed by atoms with Gasteiger partial charge in [0.15, 0.2) is 0 Å². The van der Waals surface area contributed by atoms with Gasteiger partial charge in [0.25, 0.3) is 0 Å². The third-order valence-electron chi connectivity index (χ3n) is 4.28. The SMILES string of the molecule is COC(=O)OC1(CCCCCCCCOc2cccc(C(F)(F)F)c2)CO1. The van der Waals surface area contributed by atoms with Crippen LogP contribution in [0.2, 0.25) is 0 Å². The lowest BCUT2D eigenvalue weighted by Gasteiger charge is -2.12. The lowest BCUT2D eigenvalue weighted by Crippen LogP contribution is -2.21. The lowest BCUT2D eigenvalue weighted by molar-refractivity contribution is -0.137. The Morgan fingerprint density at radius 3 is 2.44 bits per heavy atom. The molecule has 2 rings (SSSR count). The number of epoxide rings is 1. The van der Waals surface area contributed by atoms with Crippen LogP contribution >= 0.6 is 0 Å². The molecule has 1 atom stereocenters. The van der Waals surface area contributed by atoms with Crippen molar-refractivity contribution in [3.05, 3.63) is 29.8 Å². The van der Waals surface area contributed by atoms with E-state index < -0.39 is 23.7 Å². The Morgan fingerprint density at radius 2 is 1.81 bits per heavy atom. The average Bonchev–Trinajstić information content (AvgIpc) is 3.39. The summed E-state index contributed by atoms with van der Waals surface area (Å²) in [6.45, 7) is 0.806. The van der Waals surface area contributed by atoms with Gasteiger partial charge < -0.3 is 18.9 Å². The summed E-state index contributed by atoms with van der Waals surface area (Å²) in [6, 6.07) is 4.92. The monoisotopic (exact) mass is 390 g/mol. The highest BCUT2D eigenvalue weighted by molar-refractivity contribution is 5.60. The second-order valence-corrected chi connectivity index (χ2v) is 6.50. The zero-order chi connectivity index (χ0) is 19.8. The molecule has 1 aliphatic heterocycles. The van der Waals surface area contributed by atoms with Gasteiger partial charge in [-0.25, -0.2) is 4.79 Å². The molecule has 0 N–H and O–H groups in total. The van der Waals surface area contributed by atoms with Gasteiger partial charge in [-0.1, -0.05) is 31.7 Å². The van der Waals surface area contributed by atoms with E-state index in [1.807, 2.05) is 0 Å². The van der Waals surface area contributed by atoms with E-state index in [1.165, 1.54) is 19.2 Å². The van der Waals surface area contributed by atoms with Gasteiger partial charge in [0.2, 0.25) is 5.79 Å². The summed E-state index contributed by atoms with van der Waals surface area (Å²) < 4.78 is 58.0. The number of benzene rings is 1. The molecule has 0 saturated carbocycles. The Hall–Kier alpha value is -1.96. The molecule has 27 heavy (non-hydrogen) atoms. The predicted molar refractivity (Wildman–Crippen MR) is 91.4 cm³/mol. The Kier molecular flexibility index (Phi) is 7.77. The van der Waals surface area contributed by atoms with Crippen molar-refractivity contribution >= 4 is 6.16 Å². The molecule has 0 spiro atoms. The summed E-state index contributed by atoms with van der Waals surface area (Å²) in [5.41, 5.74) is -0.700. The van der Waals surface area contributed by atoms with Crippen molar-refractivity contribution in [2.75, 3.05) is 20.3 Å². The molecule has 5 nitrogen and oxygen atoms in total. The number of unbranched alkanes of at least 4 members (excludes halogenated alkanes) is 5. The highest BCUT2D eigenvalue weighted by atomic mass is 19.4. The molecule has 0 aliphatic carbocycles. The summed E-state index contributed by atoms with van der Waals surface area (Å²) in [5.74, 6) is -0.545. The van der Waals surface area contributed by atoms with E-state index in [2.05, 4.69) is 4.74 Å². The molecule has 0 amide bonds. The molecular formula is C19H25F3O5. The minimum absolute atomic E-state index is 0.241. The molecule has 1 fully saturated rings. The van der Waals surface area contributed by atoms with Crippen LogP contribution in [0.25, 0.3) is 0 Å². The van der Waals surface area contributed by atoms with Crippen molar-refractivity contribution in [3.63, 3.8) is 0 Å². The zero-order valence-corrected chi connectivity index (χ0v) is 15.3. The van der Waals surface area contributed by atoms with Crippen LogP contribution in [-0.4, -0.2) is 32.3 Å². The van der Waals surface area contributed by atoms with Gasteiger partial charge >= 0.3 is 12.3 Å². The van der Waals surface area contributed by atoms with Crippen LogP contribution in [0.3, 0.4) is 0 Å². The molecular weight excluding hydrogens is 365 g/mol. The topological polar surface area (TPSA) is 57.3 Å². The van der Waals surface area contributed by atoms with Gasteiger partial charge in [-0.3, -0.25) is 0 Å². The number of carbonyl (C=O) groups excluding carboxylic acids is 1. The molecule has 0 radical (unpaired) electrons. The molecule has 1 aromatic carbocycles. The number of rotatable bonds is 11. The van der Waals surface area contributed by atoms with E-state index in [4.69, 9.17) is 14.2 Å². The van der Waals surface area contributed by atoms with Crippen molar-refractivity contribution < 1.29 is 36.9 Å². The predicted octanol–water partition coefficient (Wildman–Crippen LogP) is 5.32. The molecule has 1 heterocycles. The zero-order valence-electron chi connectivity index (χ0n) is 15.3. The second kappa shape index (κ2) is 9.82. The highest BCUT2D eigenvalue weighted by Crippen LogP contribution is 2.35. The molecule has 1 unspecified atom stereocenters. The molecule has 152 valence electrons. The Bertz CT molecular complexity index is 599. The summed E-state index contributed by atoms with van der Waals surface area (Å²) in [7, 11) is 1.26. The molecule has 1 saturated heterocycles. The maximum atomic E-state index is 12.6. The van der Waals surface area contributed by atoms with Crippen molar-refractivity contribution in [2.24, 2.45) is 0 Å². The van der Waals surface area contributed by atoms with E-state index >= 15 is 0 Å². The standard InChI is InChI=1S/C19H25F3O5/c1-24-17(23)27-18(14-26-18)11-6-4-2-3-5-7-12-25-16-10-8-9-15(13-16)19(20,21)22/h8-10,13H,2-7,11-12,14H2,1H3. The van der Waals surface area contributed by atoms with Crippen LogP contribution in [0.15, 0.2) is 24.3 Å². The summed E-state index contributed by atoms with van der Waals surface area (Å²) in [5, 5.41) is 0. The minimum Gasteiger partial charge on any atom is -0.494 e. The molecule has 0 aromatic heterocycles. The fourth-order valence-electron chi connectivity index (χ4n) is 2.68. The average molecular weight is 390 g/mol. The van der Waals surface area contributed by atoms with Gasteiger partial charge in [0, 0.05) is 6.42 Å². The second-order valence-electron chi connectivity index (χ2n) is 6.50. The van der Waals surface area contributed by atoms with E-state index in [1.54, 1.807) is 0 Å². The number of halogens is 3. The van der Waals surface area contributed by atoms with E-state index in [9.17, 15) is 18.0 Å². The molecule has 8 heteroatoms. The largest absolute Gasteiger partial charge is 0.510 e. The van der Waals surface area contributed by atoms with Crippen LogP contribution in [0.5, 0.6) is 5.75 Å².